The normalized spacial score (nSPS) is 24.3. The van der Waals surface area contributed by atoms with Gasteiger partial charge in [-0.1, -0.05) is 32.0 Å². The number of nitrogens with one attached hydrogen (secondary N) is 1. The maximum atomic E-state index is 14.9. The molecule has 1 N–H and O–H groups in total. The fraction of sp³-hybridized carbons (Fsp3) is 0.478. The van der Waals surface area contributed by atoms with Gasteiger partial charge in [0.1, 0.15) is 5.82 Å². The van der Waals surface area contributed by atoms with Gasteiger partial charge in [-0.2, -0.15) is 0 Å². The van der Waals surface area contributed by atoms with Gasteiger partial charge in [-0.05, 0) is 24.8 Å². The first-order chi connectivity index (χ1) is 13.8. The van der Waals surface area contributed by atoms with Gasteiger partial charge in [0.25, 0.3) is 5.91 Å². The fourth-order valence-electron chi connectivity index (χ4n) is 4.68. The van der Waals surface area contributed by atoms with Crippen LogP contribution >= 0.6 is 0 Å². The summed E-state index contributed by atoms with van der Waals surface area (Å²) in [6, 6.07) is 6.45. The van der Waals surface area contributed by atoms with Crippen molar-refractivity contribution >= 4 is 11.7 Å². The maximum Gasteiger partial charge on any atom is 0.252 e. The van der Waals surface area contributed by atoms with E-state index in [-0.39, 0.29) is 17.1 Å². The Morgan fingerprint density at radius 3 is 2.59 bits per heavy atom. The van der Waals surface area contributed by atoms with Gasteiger partial charge in [0.15, 0.2) is 5.78 Å². The van der Waals surface area contributed by atoms with Crippen LogP contribution in [0.2, 0.25) is 0 Å². The third kappa shape index (κ3) is 3.62. The number of rotatable bonds is 2. The van der Waals surface area contributed by atoms with E-state index in [2.05, 4.69) is 19.2 Å². The van der Waals surface area contributed by atoms with Crippen LogP contribution in [0.3, 0.4) is 0 Å². The number of ether oxygens (including phenoxy) is 1. The van der Waals surface area contributed by atoms with E-state index in [0.717, 1.165) is 5.70 Å². The highest BCUT2D eigenvalue weighted by molar-refractivity contribution is 6.05. The highest BCUT2D eigenvalue weighted by Gasteiger charge is 2.44. The molecule has 1 aliphatic carbocycles. The van der Waals surface area contributed by atoms with Gasteiger partial charge in [-0.15, -0.1) is 0 Å². The average molecular weight is 398 g/mol. The van der Waals surface area contributed by atoms with Crippen LogP contribution in [-0.2, 0) is 14.3 Å². The molecular weight excluding hydrogens is 371 g/mol. The van der Waals surface area contributed by atoms with E-state index in [9.17, 15) is 14.0 Å². The van der Waals surface area contributed by atoms with Crippen molar-refractivity contribution in [3.05, 3.63) is 58.2 Å². The Labute approximate surface area is 170 Å². The number of hydrogen-bond acceptors (Lipinski definition) is 4. The number of allylic oxidation sites excluding steroid dienone is 3. The SMILES string of the molecule is CC1=C(C(=O)N2CCOCC2)[C@@H](c2ccccc2F)C2=C(CC(C)(C)CC2=O)N1. The molecule has 1 aromatic carbocycles. The highest BCUT2D eigenvalue weighted by Crippen LogP contribution is 2.47. The van der Waals surface area contributed by atoms with Gasteiger partial charge in [0.2, 0.25) is 0 Å². The molecule has 1 saturated heterocycles. The minimum absolute atomic E-state index is 0.0169. The molecule has 0 aromatic heterocycles. The van der Waals surface area contributed by atoms with Crippen LogP contribution in [0.25, 0.3) is 0 Å². The molecule has 1 atom stereocenters. The summed E-state index contributed by atoms with van der Waals surface area (Å²) in [5.41, 5.74) is 2.72. The number of hydrogen-bond donors (Lipinski definition) is 1. The molecule has 6 heteroatoms. The van der Waals surface area contributed by atoms with Gasteiger partial charge >= 0.3 is 0 Å². The molecule has 154 valence electrons. The smallest absolute Gasteiger partial charge is 0.252 e. The lowest BCUT2D eigenvalue weighted by Crippen LogP contribution is -2.45. The Hall–Kier alpha value is -2.47. The highest BCUT2D eigenvalue weighted by atomic mass is 19.1. The van der Waals surface area contributed by atoms with E-state index in [1.807, 2.05) is 6.92 Å². The first-order valence-corrected chi connectivity index (χ1v) is 10.1. The summed E-state index contributed by atoms with van der Waals surface area (Å²) in [6.07, 6.45) is 1.08. The van der Waals surface area contributed by atoms with Crippen molar-refractivity contribution < 1.29 is 18.7 Å². The van der Waals surface area contributed by atoms with Crippen LogP contribution < -0.4 is 5.32 Å². The van der Waals surface area contributed by atoms with Crippen molar-refractivity contribution in [2.24, 2.45) is 5.41 Å². The zero-order valence-corrected chi connectivity index (χ0v) is 17.2. The summed E-state index contributed by atoms with van der Waals surface area (Å²) in [5.74, 6) is -1.26. The van der Waals surface area contributed by atoms with E-state index < -0.39 is 11.7 Å². The molecule has 2 aliphatic heterocycles. The van der Waals surface area contributed by atoms with E-state index >= 15 is 0 Å². The van der Waals surface area contributed by atoms with Gasteiger partial charge in [0.05, 0.1) is 13.2 Å². The van der Waals surface area contributed by atoms with Crippen molar-refractivity contribution in [2.45, 2.75) is 39.5 Å². The third-order valence-electron chi connectivity index (χ3n) is 5.98. The average Bonchev–Trinajstić information content (AvgIpc) is 2.66. The van der Waals surface area contributed by atoms with Crippen LogP contribution in [0.15, 0.2) is 46.8 Å². The monoisotopic (exact) mass is 398 g/mol. The molecule has 0 saturated carbocycles. The summed E-state index contributed by atoms with van der Waals surface area (Å²) in [4.78, 5) is 28.4. The number of morpholine rings is 1. The maximum absolute atomic E-state index is 14.9. The van der Waals surface area contributed by atoms with Crippen LogP contribution in [0, 0.1) is 11.2 Å². The Bertz CT molecular complexity index is 926. The minimum Gasteiger partial charge on any atom is -0.378 e. The zero-order chi connectivity index (χ0) is 20.8. The van der Waals surface area contributed by atoms with Crippen LogP contribution in [-0.4, -0.2) is 42.9 Å². The predicted octanol–water partition coefficient (Wildman–Crippen LogP) is 3.29. The lowest BCUT2D eigenvalue weighted by molar-refractivity contribution is -0.131. The molecule has 0 spiro atoms. The van der Waals surface area contributed by atoms with E-state index in [0.29, 0.717) is 61.6 Å². The molecule has 0 bridgehead atoms. The second-order valence-electron chi connectivity index (χ2n) is 8.86. The number of nitrogens with zero attached hydrogens (tertiary/aromatic N) is 1. The Morgan fingerprint density at radius 2 is 1.90 bits per heavy atom. The number of dihydropyridines is 1. The zero-order valence-electron chi connectivity index (χ0n) is 17.2. The minimum atomic E-state index is -0.689. The number of Topliss-reactive ketones (excluding diaryl/α,β-unsaturated/α-hetero) is 1. The summed E-state index contributed by atoms with van der Waals surface area (Å²) in [5, 5.41) is 3.33. The molecule has 2 heterocycles. The number of halogens is 1. The second-order valence-corrected chi connectivity index (χ2v) is 8.86. The number of carbonyl (C=O) groups excluding carboxylic acids is 2. The largest absolute Gasteiger partial charge is 0.378 e. The molecule has 1 aromatic rings. The van der Waals surface area contributed by atoms with Gasteiger partial charge < -0.3 is 15.0 Å². The first-order valence-electron chi connectivity index (χ1n) is 10.1. The standard InChI is InChI=1S/C23H27FN2O3/c1-14-19(22(28)26-8-10-29-11-9-26)20(15-6-4-5-7-16(15)24)21-17(25-14)12-23(2,3)13-18(21)27/h4-7,20,25H,8-13H2,1-3H3/t20-/m1/s1. The Kier molecular flexibility index (Phi) is 5.07. The number of ketones is 1. The number of benzene rings is 1. The fourth-order valence-corrected chi connectivity index (χ4v) is 4.68. The molecule has 1 amide bonds. The first kappa shape index (κ1) is 19.8. The molecular formula is C23H27FN2O3. The van der Waals surface area contributed by atoms with Crippen LogP contribution in [0.1, 0.15) is 45.1 Å². The van der Waals surface area contributed by atoms with Gasteiger partial charge in [0, 0.05) is 53.5 Å². The topological polar surface area (TPSA) is 58.6 Å². The molecule has 4 rings (SSSR count). The van der Waals surface area contributed by atoms with E-state index in [4.69, 9.17) is 4.74 Å². The summed E-state index contributed by atoms with van der Waals surface area (Å²) in [6.45, 7) is 7.91. The third-order valence-corrected chi connectivity index (χ3v) is 5.98. The number of carbonyl (C=O) groups is 2. The Morgan fingerprint density at radius 1 is 1.21 bits per heavy atom. The van der Waals surface area contributed by atoms with E-state index in [1.54, 1.807) is 23.1 Å². The van der Waals surface area contributed by atoms with Crippen molar-refractivity contribution in [1.29, 1.82) is 0 Å². The van der Waals surface area contributed by atoms with Gasteiger partial charge in [-0.3, -0.25) is 9.59 Å². The Balaban J connectivity index is 1.85. The van der Waals surface area contributed by atoms with Crippen molar-refractivity contribution in [3.63, 3.8) is 0 Å². The quantitative estimate of drug-likeness (QED) is 0.831. The second kappa shape index (κ2) is 7.41. The van der Waals surface area contributed by atoms with Crippen molar-refractivity contribution in [1.82, 2.24) is 10.2 Å². The lowest BCUT2D eigenvalue weighted by atomic mass is 9.68. The number of amides is 1. The van der Waals surface area contributed by atoms with Crippen LogP contribution in [0.5, 0.6) is 0 Å². The molecule has 0 unspecified atom stereocenters. The predicted molar refractivity (Wildman–Crippen MR) is 107 cm³/mol. The summed E-state index contributed by atoms with van der Waals surface area (Å²) >= 11 is 0. The molecule has 3 aliphatic rings. The molecule has 5 nitrogen and oxygen atoms in total. The lowest BCUT2D eigenvalue weighted by Gasteiger charge is -2.41. The molecule has 0 radical (unpaired) electrons. The summed E-state index contributed by atoms with van der Waals surface area (Å²) in [7, 11) is 0. The van der Waals surface area contributed by atoms with Crippen molar-refractivity contribution in [3.8, 4) is 0 Å². The van der Waals surface area contributed by atoms with E-state index in [1.165, 1.54) is 6.07 Å². The molecule has 29 heavy (non-hydrogen) atoms. The van der Waals surface area contributed by atoms with Gasteiger partial charge in [-0.25, -0.2) is 4.39 Å². The summed E-state index contributed by atoms with van der Waals surface area (Å²) < 4.78 is 20.3. The molecule has 1 fully saturated rings. The van der Waals surface area contributed by atoms with Crippen molar-refractivity contribution in [2.75, 3.05) is 26.3 Å². The van der Waals surface area contributed by atoms with Crippen LogP contribution in [0.4, 0.5) is 4.39 Å².